The molecule has 0 aliphatic rings. The van der Waals surface area contributed by atoms with Crippen LogP contribution in [0.1, 0.15) is 40.2 Å². The summed E-state index contributed by atoms with van der Waals surface area (Å²) < 4.78 is 0. The first-order chi connectivity index (χ1) is 11.8. The number of aliphatic carboxylic acids is 1. The summed E-state index contributed by atoms with van der Waals surface area (Å²) >= 11 is 12.2. The molecular formula is C17H12Cl2N2O4. The van der Waals surface area contributed by atoms with Crippen molar-refractivity contribution in [3.8, 4) is 11.8 Å². The molecule has 0 unspecified atom stereocenters. The lowest BCUT2D eigenvalue weighted by atomic mass is 10.0. The maximum atomic E-state index is 12.1. The average Bonchev–Trinajstić information content (AvgIpc) is 2.57. The van der Waals surface area contributed by atoms with Crippen LogP contribution in [0.4, 0.5) is 0 Å². The largest absolute Gasteiger partial charge is 0.504 e. The molecule has 6 nitrogen and oxygen atoms in total. The quantitative estimate of drug-likeness (QED) is 0.742. The molecule has 1 aromatic heterocycles. The van der Waals surface area contributed by atoms with Crippen molar-refractivity contribution in [1.29, 1.82) is 5.26 Å². The number of rotatable bonds is 6. The zero-order valence-electron chi connectivity index (χ0n) is 12.8. The van der Waals surface area contributed by atoms with Gasteiger partial charge in [-0.05, 0) is 23.8 Å². The van der Waals surface area contributed by atoms with Crippen LogP contribution in [0.15, 0.2) is 24.3 Å². The summed E-state index contributed by atoms with van der Waals surface area (Å²) in [5.41, 5.74) is 0.408. The van der Waals surface area contributed by atoms with Crippen LogP contribution < -0.4 is 0 Å². The standard InChI is InChI=1S/C17H12Cl2N2O4/c18-12-2-1-3-13(19)11(12)7-10-6-9(8-20)17(25)16(21-10)14(22)4-5-15(23)24/h1-3,6,25H,4-5,7H2,(H,23,24). The van der Waals surface area contributed by atoms with Crippen molar-refractivity contribution in [2.75, 3.05) is 0 Å². The van der Waals surface area contributed by atoms with E-state index in [1.54, 1.807) is 24.3 Å². The maximum Gasteiger partial charge on any atom is 0.303 e. The number of pyridine rings is 1. The van der Waals surface area contributed by atoms with Crippen LogP contribution in [0.25, 0.3) is 0 Å². The molecule has 0 fully saturated rings. The Bertz CT molecular complexity index is 871. The van der Waals surface area contributed by atoms with Crippen LogP contribution in [0.5, 0.6) is 5.75 Å². The molecular weight excluding hydrogens is 367 g/mol. The number of nitrogens with zero attached hydrogens (tertiary/aromatic N) is 2. The number of aromatic nitrogens is 1. The van der Waals surface area contributed by atoms with Gasteiger partial charge in [0.1, 0.15) is 11.8 Å². The SMILES string of the molecule is N#Cc1cc(Cc2c(Cl)cccc2Cl)nc(C(=O)CCC(=O)O)c1O. The van der Waals surface area contributed by atoms with Crippen molar-refractivity contribution in [2.24, 2.45) is 0 Å². The van der Waals surface area contributed by atoms with Crippen molar-refractivity contribution in [1.82, 2.24) is 4.98 Å². The Morgan fingerprint density at radius 2 is 1.84 bits per heavy atom. The van der Waals surface area contributed by atoms with Crippen LogP contribution in [-0.2, 0) is 11.2 Å². The van der Waals surface area contributed by atoms with Crippen LogP contribution in [0.2, 0.25) is 10.0 Å². The van der Waals surface area contributed by atoms with Gasteiger partial charge in [-0.3, -0.25) is 9.59 Å². The second-order valence-electron chi connectivity index (χ2n) is 5.16. The molecule has 0 spiro atoms. The van der Waals surface area contributed by atoms with Gasteiger partial charge in [0.05, 0.1) is 12.0 Å². The molecule has 0 radical (unpaired) electrons. The fourth-order valence-electron chi connectivity index (χ4n) is 2.18. The summed E-state index contributed by atoms with van der Waals surface area (Å²) in [5.74, 6) is -2.37. The molecule has 0 saturated carbocycles. The highest BCUT2D eigenvalue weighted by atomic mass is 35.5. The normalized spacial score (nSPS) is 10.3. The van der Waals surface area contributed by atoms with E-state index >= 15 is 0 Å². The Balaban J connectivity index is 2.43. The predicted octanol–water partition coefficient (Wildman–Crippen LogP) is 3.60. The topological polar surface area (TPSA) is 111 Å². The molecule has 0 amide bonds. The summed E-state index contributed by atoms with van der Waals surface area (Å²) in [6.07, 6.45) is -0.591. The highest BCUT2D eigenvalue weighted by Crippen LogP contribution is 2.29. The lowest BCUT2D eigenvalue weighted by Gasteiger charge is -2.10. The molecule has 0 saturated heterocycles. The molecule has 2 rings (SSSR count). The minimum atomic E-state index is -1.15. The van der Waals surface area contributed by atoms with Crippen molar-refractivity contribution >= 4 is 35.0 Å². The van der Waals surface area contributed by atoms with Gasteiger partial charge in [0.2, 0.25) is 0 Å². The van der Waals surface area contributed by atoms with Crippen LogP contribution in [0, 0.1) is 11.3 Å². The van der Waals surface area contributed by atoms with E-state index in [9.17, 15) is 14.7 Å². The van der Waals surface area contributed by atoms with Gasteiger partial charge in [-0.25, -0.2) is 4.98 Å². The van der Waals surface area contributed by atoms with Gasteiger partial charge < -0.3 is 10.2 Å². The molecule has 8 heteroatoms. The molecule has 25 heavy (non-hydrogen) atoms. The Morgan fingerprint density at radius 3 is 2.40 bits per heavy atom. The number of carboxylic acid groups (broad SMARTS) is 1. The van der Waals surface area contributed by atoms with E-state index in [1.165, 1.54) is 6.07 Å². The first-order valence-electron chi connectivity index (χ1n) is 7.14. The Hall–Kier alpha value is -2.62. The second-order valence-corrected chi connectivity index (χ2v) is 5.98. The van der Waals surface area contributed by atoms with Crippen LogP contribution in [0.3, 0.4) is 0 Å². The maximum absolute atomic E-state index is 12.1. The third-order valence-electron chi connectivity index (χ3n) is 3.42. The Morgan fingerprint density at radius 1 is 1.20 bits per heavy atom. The minimum absolute atomic E-state index is 0.133. The summed E-state index contributed by atoms with van der Waals surface area (Å²) in [7, 11) is 0. The molecule has 0 aliphatic heterocycles. The van der Waals surface area contributed by atoms with Crippen molar-refractivity contribution < 1.29 is 19.8 Å². The molecule has 2 N–H and O–H groups in total. The highest BCUT2D eigenvalue weighted by molar-refractivity contribution is 6.36. The number of hydrogen-bond acceptors (Lipinski definition) is 5. The Labute approximate surface area is 153 Å². The first-order valence-corrected chi connectivity index (χ1v) is 7.90. The fourth-order valence-corrected chi connectivity index (χ4v) is 2.71. The van der Waals surface area contributed by atoms with E-state index in [2.05, 4.69) is 4.98 Å². The summed E-state index contributed by atoms with van der Waals surface area (Å²) in [6, 6.07) is 8.10. The number of hydrogen-bond donors (Lipinski definition) is 2. The van der Waals surface area contributed by atoms with Gasteiger partial charge in [-0.15, -0.1) is 0 Å². The van der Waals surface area contributed by atoms with Crippen molar-refractivity contribution in [3.05, 3.63) is 56.8 Å². The molecule has 1 heterocycles. The monoisotopic (exact) mass is 378 g/mol. The number of aromatic hydroxyl groups is 1. The summed E-state index contributed by atoms with van der Waals surface area (Å²) in [5, 5.41) is 28.6. The number of halogens is 2. The number of benzene rings is 1. The molecule has 0 aliphatic carbocycles. The number of carbonyl (C=O) groups excluding carboxylic acids is 1. The fraction of sp³-hybridized carbons (Fsp3) is 0.176. The lowest BCUT2D eigenvalue weighted by molar-refractivity contribution is -0.136. The third kappa shape index (κ3) is 4.47. The number of nitriles is 1. The number of carbonyl (C=O) groups is 2. The molecule has 1 aromatic carbocycles. The molecule has 0 bridgehead atoms. The number of ketones is 1. The van der Waals surface area contributed by atoms with Crippen LogP contribution in [-0.4, -0.2) is 26.9 Å². The zero-order chi connectivity index (χ0) is 18.6. The van der Waals surface area contributed by atoms with E-state index in [0.29, 0.717) is 21.3 Å². The van der Waals surface area contributed by atoms with E-state index in [1.807, 2.05) is 0 Å². The summed E-state index contributed by atoms with van der Waals surface area (Å²) in [4.78, 5) is 26.8. The van der Waals surface area contributed by atoms with Gasteiger partial charge in [0.15, 0.2) is 11.5 Å². The van der Waals surface area contributed by atoms with Gasteiger partial charge in [-0.1, -0.05) is 29.3 Å². The van der Waals surface area contributed by atoms with Gasteiger partial charge in [0.25, 0.3) is 0 Å². The van der Waals surface area contributed by atoms with Crippen molar-refractivity contribution in [2.45, 2.75) is 19.3 Å². The van der Waals surface area contributed by atoms with E-state index in [-0.39, 0.29) is 24.1 Å². The molecule has 128 valence electrons. The van der Waals surface area contributed by atoms with Gasteiger partial charge >= 0.3 is 5.97 Å². The van der Waals surface area contributed by atoms with Gasteiger partial charge in [0, 0.05) is 28.6 Å². The van der Waals surface area contributed by atoms with Gasteiger partial charge in [-0.2, -0.15) is 5.26 Å². The van der Waals surface area contributed by atoms with E-state index in [4.69, 9.17) is 33.6 Å². The van der Waals surface area contributed by atoms with E-state index in [0.717, 1.165) is 0 Å². The summed E-state index contributed by atoms with van der Waals surface area (Å²) in [6.45, 7) is 0. The smallest absolute Gasteiger partial charge is 0.303 e. The zero-order valence-corrected chi connectivity index (χ0v) is 14.3. The second kappa shape index (κ2) is 7.97. The first kappa shape index (κ1) is 18.7. The molecule has 2 aromatic rings. The van der Waals surface area contributed by atoms with Crippen molar-refractivity contribution in [3.63, 3.8) is 0 Å². The highest BCUT2D eigenvalue weighted by Gasteiger charge is 2.20. The number of carboxylic acids is 1. The van der Waals surface area contributed by atoms with E-state index < -0.39 is 23.9 Å². The Kier molecular flexibility index (Phi) is 5.97. The average molecular weight is 379 g/mol. The number of Topliss-reactive ketones (excluding diaryl/α,β-unsaturated/α-hetero) is 1. The molecule has 0 atom stereocenters. The third-order valence-corrected chi connectivity index (χ3v) is 4.12. The predicted molar refractivity (Wildman–Crippen MR) is 91.1 cm³/mol. The lowest BCUT2D eigenvalue weighted by Crippen LogP contribution is -2.09. The minimum Gasteiger partial charge on any atom is -0.504 e. The van der Waals surface area contributed by atoms with Crippen LogP contribution >= 0.6 is 23.2 Å².